The fourth-order valence-electron chi connectivity index (χ4n) is 3.11. The number of carbonyl (C=O) groups is 3. The van der Waals surface area contributed by atoms with Crippen molar-refractivity contribution in [2.75, 3.05) is 0 Å². The Bertz CT molecular complexity index is 886. The topological polar surface area (TPSA) is 88.1 Å². The maximum absolute atomic E-state index is 14.3. The van der Waals surface area contributed by atoms with E-state index in [4.69, 9.17) is 18.9 Å². The van der Waals surface area contributed by atoms with Gasteiger partial charge < -0.3 is 18.9 Å². The number of carbonyl (C=O) groups excluding carboxylic acids is 3. The highest BCUT2D eigenvalue weighted by Gasteiger charge is 2.61. The molecule has 0 N–H and O–H groups in total. The van der Waals surface area contributed by atoms with E-state index >= 15 is 0 Å². The zero-order valence-electron chi connectivity index (χ0n) is 14.4. The summed E-state index contributed by atoms with van der Waals surface area (Å²) in [5, 5.41) is 0. The lowest BCUT2D eigenvalue weighted by molar-refractivity contribution is -0.158. The number of alkyl halides is 1. The third kappa shape index (κ3) is 3.34. The van der Waals surface area contributed by atoms with E-state index in [1.54, 1.807) is 36.4 Å². The summed E-state index contributed by atoms with van der Waals surface area (Å²) in [6.07, 6.45) is -7.33. The summed E-state index contributed by atoms with van der Waals surface area (Å²) in [5.74, 6) is -2.43. The highest BCUT2D eigenvalue weighted by atomic mass is 19.1. The number of hydrogen-bond acceptors (Lipinski definition) is 7. The minimum absolute atomic E-state index is 0.217. The summed E-state index contributed by atoms with van der Waals surface area (Å²) >= 11 is 0. The van der Waals surface area contributed by atoms with Gasteiger partial charge in [-0.05, 0) is 24.3 Å². The fourth-order valence-corrected chi connectivity index (χ4v) is 3.11. The molecule has 0 radical (unpaired) electrons. The van der Waals surface area contributed by atoms with Crippen molar-refractivity contribution >= 4 is 17.9 Å². The van der Waals surface area contributed by atoms with Crippen LogP contribution in [0.1, 0.15) is 20.7 Å². The van der Waals surface area contributed by atoms with Crippen molar-refractivity contribution in [3.05, 3.63) is 71.8 Å². The van der Waals surface area contributed by atoms with Crippen LogP contribution < -0.4 is 0 Å². The number of rotatable bonds is 4. The van der Waals surface area contributed by atoms with Crippen LogP contribution in [0.15, 0.2) is 60.7 Å². The van der Waals surface area contributed by atoms with Gasteiger partial charge in [0.1, 0.15) is 6.10 Å². The van der Waals surface area contributed by atoms with Crippen molar-refractivity contribution in [2.24, 2.45) is 0 Å². The first kappa shape index (κ1) is 18.1. The average Bonchev–Trinajstić information content (AvgIpc) is 3.18. The van der Waals surface area contributed by atoms with Crippen LogP contribution >= 0.6 is 0 Å². The molecule has 2 aliphatic rings. The van der Waals surface area contributed by atoms with Crippen molar-refractivity contribution in [1.82, 2.24) is 0 Å². The molecule has 2 fully saturated rings. The Morgan fingerprint density at radius 3 is 1.93 bits per heavy atom. The summed E-state index contributed by atoms with van der Waals surface area (Å²) in [6.45, 7) is 0. The Hall–Kier alpha value is -3.26. The van der Waals surface area contributed by atoms with Crippen LogP contribution in [0.4, 0.5) is 4.39 Å². The number of fused-ring (bicyclic) bond motifs is 1. The Morgan fingerprint density at radius 1 is 0.821 bits per heavy atom. The van der Waals surface area contributed by atoms with E-state index < -0.39 is 48.7 Å². The molecule has 2 aromatic carbocycles. The quantitative estimate of drug-likeness (QED) is 0.587. The van der Waals surface area contributed by atoms with E-state index in [0.717, 1.165) is 0 Å². The largest absolute Gasteiger partial charge is 0.452 e. The Balaban J connectivity index is 1.46. The molecule has 2 aromatic rings. The molecule has 0 unspecified atom stereocenters. The van der Waals surface area contributed by atoms with Crippen LogP contribution in [0.25, 0.3) is 0 Å². The fraction of sp³-hybridized carbons (Fsp3) is 0.250. The monoisotopic (exact) mass is 386 g/mol. The second-order valence-corrected chi connectivity index (χ2v) is 6.28. The second kappa shape index (κ2) is 7.40. The van der Waals surface area contributed by atoms with Gasteiger partial charge in [-0.3, -0.25) is 0 Å². The summed E-state index contributed by atoms with van der Waals surface area (Å²) in [5.41, 5.74) is 0.440. The van der Waals surface area contributed by atoms with Crippen molar-refractivity contribution in [2.45, 2.75) is 30.8 Å². The van der Waals surface area contributed by atoms with Gasteiger partial charge in [0.2, 0.25) is 12.5 Å². The summed E-state index contributed by atoms with van der Waals surface area (Å²) in [7, 11) is 0. The molecule has 4 rings (SSSR count). The van der Waals surface area contributed by atoms with Gasteiger partial charge in [0.15, 0.2) is 12.2 Å². The highest BCUT2D eigenvalue weighted by Crippen LogP contribution is 2.36. The maximum Gasteiger partial charge on any atom is 0.350 e. The molecule has 2 heterocycles. The van der Waals surface area contributed by atoms with E-state index in [2.05, 4.69) is 0 Å². The molecule has 0 spiro atoms. The van der Waals surface area contributed by atoms with Crippen LogP contribution in [0.2, 0.25) is 0 Å². The van der Waals surface area contributed by atoms with Crippen molar-refractivity contribution < 1.29 is 37.7 Å². The molecule has 28 heavy (non-hydrogen) atoms. The summed E-state index contributed by atoms with van der Waals surface area (Å²) in [6, 6.07) is 16.0. The smallest absolute Gasteiger partial charge is 0.350 e. The molecular formula is C20H15FO7. The van der Waals surface area contributed by atoms with Crippen molar-refractivity contribution in [3.8, 4) is 0 Å². The second-order valence-electron chi connectivity index (χ2n) is 6.28. The average molecular weight is 386 g/mol. The number of benzene rings is 2. The Morgan fingerprint density at radius 2 is 1.36 bits per heavy atom. The molecule has 8 heteroatoms. The predicted molar refractivity (Wildman–Crippen MR) is 90.9 cm³/mol. The zero-order valence-corrected chi connectivity index (χ0v) is 14.4. The van der Waals surface area contributed by atoms with Gasteiger partial charge in [-0.2, -0.15) is 0 Å². The van der Waals surface area contributed by atoms with E-state index in [0.29, 0.717) is 0 Å². The predicted octanol–water partition coefficient (Wildman–Crippen LogP) is 2.06. The Kier molecular flexibility index (Phi) is 4.79. The summed E-state index contributed by atoms with van der Waals surface area (Å²) < 4.78 is 34.8. The van der Waals surface area contributed by atoms with Crippen LogP contribution in [-0.4, -0.2) is 48.7 Å². The molecule has 0 aromatic heterocycles. The molecule has 5 atom stereocenters. The summed E-state index contributed by atoms with van der Waals surface area (Å²) in [4.78, 5) is 36.5. The van der Waals surface area contributed by atoms with E-state index in [-0.39, 0.29) is 11.1 Å². The number of halogens is 1. The van der Waals surface area contributed by atoms with Gasteiger partial charge in [-0.1, -0.05) is 36.4 Å². The molecule has 2 aliphatic heterocycles. The highest BCUT2D eigenvalue weighted by molar-refractivity contribution is 5.92. The minimum Gasteiger partial charge on any atom is -0.452 e. The lowest BCUT2D eigenvalue weighted by Crippen LogP contribution is -2.36. The van der Waals surface area contributed by atoms with E-state index in [1.165, 1.54) is 24.3 Å². The lowest BCUT2D eigenvalue weighted by Gasteiger charge is -2.17. The van der Waals surface area contributed by atoms with Gasteiger partial charge in [0, 0.05) is 0 Å². The van der Waals surface area contributed by atoms with Crippen molar-refractivity contribution in [1.29, 1.82) is 0 Å². The maximum atomic E-state index is 14.3. The molecule has 7 nitrogen and oxygen atoms in total. The van der Waals surface area contributed by atoms with Crippen molar-refractivity contribution in [3.63, 3.8) is 0 Å². The molecule has 0 saturated carbocycles. The standard InChI is InChI=1S/C20H15FO7/c21-17-15(27-18(22)11-7-3-1-4-8-11)13-14(25-17)16(20(24)26-13)28-19(23)12-9-5-2-6-10-12/h1-10,13-17H/t13-,14-,15+,16+,17+/m1/s1. The van der Waals surface area contributed by atoms with Gasteiger partial charge in [-0.25, -0.2) is 18.8 Å². The van der Waals surface area contributed by atoms with E-state index in [1.807, 2.05) is 0 Å². The van der Waals surface area contributed by atoms with Gasteiger partial charge >= 0.3 is 17.9 Å². The third-order valence-electron chi connectivity index (χ3n) is 4.47. The molecule has 144 valence electrons. The van der Waals surface area contributed by atoms with Crippen LogP contribution in [0, 0.1) is 0 Å². The number of esters is 3. The SMILES string of the molecule is O=C(O[C@H]1[C@@H]2OC(=O)[C@@H](OC(=O)c3ccccc3)[C@@H]2O[C@@H]1F)c1ccccc1. The van der Waals surface area contributed by atoms with Gasteiger partial charge in [0.25, 0.3) is 0 Å². The van der Waals surface area contributed by atoms with Crippen LogP contribution in [-0.2, 0) is 23.7 Å². The minimum atomic E-state index is -2.02. The van der Waals surface area contributed by atoms with Gasteiger partial charge in [-0.15, -0.1) is 0 Å². The normalized spacial score (nSPS) is 28.3. The third-order valence-corrected chi connectivity index (χ3v) is 4.47. The Labute approximate surface area is 159 Å². The first-order valence-corrected chi connectivity index (χ1v) is 8.56. The first-order valence-electron chi connectivity index (χ1n) is 8.56. The molecule has 0 bridgehead atoms. The number of hydrogen-bond donors (Lipinski definition) is 0. The van der Waals surface area contributed by atoms with Crippen LogP contribution in [0.3, 0.4) is 0 Å². The molecule has 0 amide bonds. The lowest BCUT2D eigenvalue weighted by atomic mass is 10.1. The van der Waals surface area contributed by atoms with Gasteiger partial charge in [0.05, 0.1) is 11.1 Å². The van der Waals surface area contributed by atoms with E-state index in [9.17, 15) is 18.8 Å². The molecule has 0 aliphatic carbocycles. The van der Waals surface area contributed by atoms with Crippen LogP contribution in [0.5, 0.6) is 0 Å². The first-order chi connectivity index (χ1) is 13.5. The zero-order chi connectivity index (χ0) is 19.7. The number of ether oxygens (including phenoxy) is 4. The molecule has 2 saturated heterocycles. The molecular weight excluding hydrogens is 371 g/mol.